The molecule has 0 saturated heterocycles. The molecule has 9 heavy (non-hydrogen) atoms. The molecule has 0 amide bonds. The van der Waals surface area contributed by atoms with Crippen LogP contribution in [0.2, 0.25) is 0 Å². The molecule has 1 heterocycles. The Labute approximate surface area is 58.5 Å². The van der Waals surface area contributed by atoms with E-state index < -0.39 is 0 Å². The minimum Gasteiger partial charge on any atom is -0.477 e. The van der Waals surface area contributed by atoms with Crippen LogP contribution < -0.4 is 4.74 Å². The van der Waals surface area contributed by atoms with Crippen molar-refractivity contribution in [2.45, 2.75) is 13.8 Å². The van der Waals surface area contributed by atoms with Gasteiger partial charge in [0.1, 0.15) is 0 Å². The predicted molar refractivity (Wildman–Crippen MR) is 38.0 cm³/mol. The fraction of sp³-hybridized carbons (Fsp3) is 0.500. The first-order valence-electron chi connectivity index (χ1n) is 2.88. The zero-order valence-electron chi connectivity index (χ0n) is 5.55. The van der Waals surface area contributed by atoms with Gasteiger partial charge < -0.3 is 4.74 Å². The van der Waals surface area contributed by atoms with Gasteiger partial charge in [-0.2, -0.15) is 0 Å². The summed E-state index contributed by atoms with van der Waals surface area (Å²) in [6.45, 7) is 4.62. The molecule has 2 nitrogen and oxygen atoms in total. The van der Waals surface area contributed by atoms with Crippen LogP contribution in [0.1, 0.15) is 11.9 Å². The van der Waals surface area contributed by atoms with E-state index >= 15 is 0 Å². The molecule has 0 bridgehead atoms. The minimum absolute atomic E-state index is 0.698. The predicted octanol–water partition coefficient (Wildman–Crippen LogP) is 1.85. The van der Waals surface area contributed by atoms with Crippen LogP contribution in [0.3, 0.4) is 0 Å². The third kappa shape index (κ3) is 1.68. The van der Waals surface area contributed by atoms with Crippen LogP contribution >= 0.6 is 11.3 Å². The summed E-state index contributed by atoms with van der Waals surface area (Å²) in [5.74, 6) is 0.750. The van der Waals surface area contributed by atoms with Crippen molar-refractivity contribution in [2.24, 2.45) is 0 Å². The zero-order valence-corrected chi connectivity index (χ0v) is 6.36. The monoisotopic (exact) mass is 143 g/mol. The van der Waals surface area contributed by atoms with Gasteiger partial charge in [0, 0.05) is 0 Å². The van der Waals surface area contributed by atoms with Crippen LogP contribution in [-0.4, -0.2) is 11.6 Å². The van der Waals surface area contributed by atoms with Gasteiger partial charge in [-0.15, -0.1) is 11.3 Å². The van der Waals surface area contributed by atoms with Gasteiger partial charge in [-0.1, -0.05) is 0 Å². The summed E-state index contributed by atoms with van der Waals surface area (Å²) in [6, 6.07) is 0. The Morgan fingerprint density at radius 2 is 2.56 bits per heavy atom. The molecule has 0 N–H and O–H groups in total. The summed E-state index contributed by atoms with van der Waals surface area (Å²) in [5.41, 5.74) is 0. The normalized spacial score (nSPS) is 9.56. The first-order chi connectivity index (χ1) is 4.33. The molecule has 0 unspecified atom stereocenters. The summed E-state index contributed by atoms with van der Waals surface area (Å²) in [4.78, 5) is 4.10. The molecule has 0 aromatic carbocycles. The molecule has 1 aromatic heterocycles. The number of hydrogen-bond acceptors (Lipinski definition) is 3. The Balaban J connectivity index is 2.61. The van der Waals surface area contributed by atoms with Gasteiger partial charge in [-0.05, 0) is 13.8 Å². The third-order valence-corrected chi connectivity index (χ3v) is 1.64. The Morgan fingerprint density at radius 1 is 1.78 bits per heavy atom. The largest absolute Gasteiger partial charge is 0.477 e. The maximum atomic E-state index is 5.13. The fourth-order valence-corrected chi connectivity index (χ4v) is 1.09. The van der Waals surface area contributed by atoms with E-state index in [4.69, 9.17) is 4.74 Å². The van der Waals surface area contributed by atoms with Crippen molar-refractivity contribution in [1.29, 1.82) is 0 Å². The highest BCUT2D eigenvalue weighted by Crippen LogP contribution is 2.14. The van der Waals surface area contributed by atoms with Crippen LogP contribution in [0, 0.1) is 6.92 Å². The molecule has 1 aromatic rings. The van der Waals surface area contributed by atoms with E-state index in [-0.39, 0.29) is 0 Å². The van der Waals surface area contributed by atoms with Gasteiger partial charge in [-0.3, -0.25) is 0 Å². The Morgan fingerprint density at radius 3 is 3.00 bits per heavy atom. The molecule has 1 rings (SSSR count). The molecule has 0 atom stereocenters. The van der Waals surface area contributed by atoms with Crippen molar-refractivity contribution in [1.82, 2.24) is 4.98 Å². The molecule has 0 aliphatic carbocycles. The van der Waals surface area contributed by atoms with E-state index in [0.29, 0.717) is 6.61 Å². The fourth-order valence-electron chi connectivity index (χ4n) is 0.558. The lowest BCUT2D eigenvalue weighted by Crippen LogP contribution is -1.90. The summed E-state index contributed by atoms with van der Waals surface area (Å²) in [5, 5.41) is 2.97. The number of aromatic nitrogens is 1. The number of rotatable bonds is 2. The van der Waals surface area contributed by atoms with Crippen molar-refractivity contribution in [3.8, 4) is 5.88 Å². The van der Waals surface area contributed by atoms with Crippen molar-refractivity contribution in [3.05, 3.63) is 10.4 Å². The summed E-state index contributed by atoms with van der Waals surface area (Å²) in [7, 11) is 0. The highest BCUT2D eigenvalue weighted by molar-refractivity contribution is 7.09. The lowest BCUT2D eigenvalue weighted by Gasteiger charge is -1.93. The lowest BCUT2D eigenvalue weighted by molar-refractivity contribution is 0.328. The Kier molecular flexibility index (Phi) is 2.05. The Hall–Kier alpha value is -0.570. The van der Waals surface area contributed by atoms with E-state index in [2.05, 4.69) is 4.98 Å². The molecular weight excluding hydrogens is 134 g/mol. The molecule has 0 aliphatic heterocycles. The SMILES string of the molecule is CCOc1csc(C)n1. The molecule has 0 fully saturated rings. The average Bonchev–Trinajstić information content (AvgIpc) is 2.17. The van der Waals surface area contributed by atoms with E-state index in [0.717, 1.165) is 10.9 Å². The standard InChI is InChI=1S/C6H9NOS/c1-3-8-6-4-9-5(2)7-6/h4H,3H2,1-2H3. The summed E-state index contributed by atoms with van der Waals surface area (Å²) < 4.78 is 5.13. The van der Waals surface area contributed by atoms with Crippen LogP contribution in [-0.2, 0) is 0 Å². The maximum absolute atomic E-state index is 5.13. The molecule has 50 valence electrons. The van der Waals surface area contributed by atoms with Crippen LogP contribution in [0.5, 0.6) is 5.88 Å². The Bertz CT molecular complexity index is 185. The quantitative estimate of drug-likeness (QED) is 0.630. The second-order valence-electron chi connectivity index (χ2n) is 1.64. The maximum Gasteiger partial charge on any atom is 0.224 e. The number of hydrogen-bond donors (Lipinski definition) is 0. The second-order valence-corrected chi connectivity index (χ2v) is 2.70. The molecule has 0 spiro atoms. The highest BCUT2D eigenvalue weighted by Gasteiger charge is 1.94. The molecule has 0 saturated carbocycles. The summed E-state index contributed by atoms with van der Waals surface area (Å²) >= 11 is 1.61. The third-order valence-electron chi connectivity index (χ3n) is 0.890. The molecule has 0 radical (unpaired) electrons. The van der Waals surface area contributed by atoms with Crippen LogP contribution in [0.15, 0.2) is 5.38 Å². The van der Waals surface area contributed by atoms with Gasteiger partial charge in [0.05, 0.1) is 17.0 Å². The van der Waals surface area contributed by atoms with E-state index in [1.54, 1.807) is 11.3 Å². The smallest absolute Gasteiger partial charge is 0.224 e. The van der Waals surface area contributed by atoms with E-state index in [1.807, 2.05) is 19.2 Å². The molecular formula is C6H9NOS. The minimum atomic E-state index is 0.698. The number of aryl methyl sites for hydroxylation is 1. The number of nitrogens with zero attached hydrogens (tertiary/aromatic N) is 1. The van der Waals surface area contributed by atoms with Crippen LogP contribution in [0.25, 0.3) is 0 Å². The lowest BCUT2D eigenvalue weighted by atomic mass is 10.8. The first kappa shape index (κ1) is 6.55. The van der Waals surface area contributed by atoms with E-state index in [9.17, 15) is 0 Å². The van der Waals surface area contributed by atoms with Crippen molar-refractivity contribution in [2.75, 3.05) is 6.61 Å². The summed E-state index contributed by atoms with van der Waals surface area (Å²) in [6.07, 6.45) is 0. The highest BCUT2D eigenvalue weighted by atomic mass is 32.1. The van der Waals surface area contributed by atoms with Gasteiger partial charge in [0.25, 0.3) is 0 Å². The van der Waals surface area contributed by atoms with Crippen molar-refractivity contribution in [3.63, 3.8) is 0 Å². The van der Waals surface area contributed by atoms with Gasteiger partial charge in [0.2, 0.25) is 5.88 Å². The van der Waals surface area contributed by atoms with Gasteiger partial charge in [0.15, 0.2) is 0 Å². The number of ether oxygens (including phenoxy) is 1. The van der Waals surface area contributed by atoms with E-state index in [1.165, 1.54) is 0 Å². The molecule has 0 aliphatic rings. The topological polar surface area (TPSA) is 22.1 Å². The second kappa shape index (κ2) is 2.82. The first-order valence-corrected chi connectivity index (χ1v) is 3.76. The average molecular weight is 143 g/mol. The zero-order chi connectivity index (χ0) is 6.69. The van der Waals surface area contributed by atoms with Crippen LogP contribution in [0.4, 0.5) is 0 Å². The van der Waals surface area contributed by atoms with Crippen molar-refractivity contribution >= 4 is 11.3 Å². The number of thiazole rings is 1. The van der Waals surface area contributed by atoms with Gasteiger partial charge in [-0.25, -0.2) is 4.98 Å². The van der Waals surface area contributed by atoms with Gasteiger partial charge >= 0.3 is 0 Å². The molecule has 3 heteroatoms. The van der Waals surface area contributed by atoms with Crippen molar-refractivity contribution < 1.29 is 4.74 Å².